The largest absolute Gasteiger partial charge is 0.493 e. The van der Waals surface area contributed by atoms with E-state index in [0.717, 1.165) is 36.8 Å². The molecular formula is C34H42N2O8. The van der Waals surface area contributed by atoms with Crippen LogP contribution in [0.5, 0.6) is 34.5 Å². The highest BCUT2D eigenvalue weighted by Gasteiger charge is 2.26. The van der Waals surface area contributed by atoms with Crippen molar-refractivity contribution in [3.05, 3.63) is 71.8 Å². The maximum Gasteiger partial charge on any atom is 0.244 e. The molecule has 1 fully saturated rings. The molecule has 0 bridgehead atoms. The minimum Gasteiger partial charge on any atom is -0.493 e. The Morgan fingerprint density at radius 1 is 0.568 bits per heavy atom. The van der Waals surface area contributed by atoms with Gasteiger partial charge in [0.25, 0.3) is 0 Å². The van der Waals surface area contributed by atoms with Crippen molar-refractivity contribution in [3.8, 4) is 34.5 Å². The minimum absolute atomic E-state index is 0.160. The molecule has 1 saturated carbocycles. The second-order valence-corrected chi connectivity index (χ2v) is 9.87. The summed E-state index contributed by atoms with van der Waals surface area (Å²) in [4.78, 5) is 25.3. The monoisotopic (exact) mass is 606 g/mol. The zero-order chi connectivity index (χ0) is 31.9. The first-order chi connectivity index (χ1) is 21.4. The van der Waals surface area contributed by atoms with Crippen LogP contribution in [0, 0.1) is 0 Å². The van der Waals surface area contributed by atoms with Gasteiger partial charge in [0.05, 0.1) is 42.7 Å². The molecule has 0 saturated heterocycles. The van der Waals surface area contributed by atoms with E-state index >= 15 is 0 Å². The van der Waals surface area contributed by atoms with E-state index in [0.29, 0.717) is 34.5 Å². The first kappa shape index (κ1) is 33.6. The molecule has 10 heteroatoms. The number of methoxy groups -OCH3 is 6. The molecule has 2 atom stereocenters. The summed E-state index contributed by atoms with van der Waals surface area (Å²) >= 11 is 0. The number of amides is 2. The van der Waals surface area contributed by atoms with Crippen molar-refractivity contribution in [1.29, 1.82) is 0 Å². The van der Waals surface area contributed by atoms with Crippen molar-refractivity contribution in [1.82, 2.24) is 10.6 Å². The van der Waals surface area contributed by atoms with E-state index in [1.54, 1.807) is 67.0 Å². The standard InChI is InChI=1S/C34H42N2O8/c1-39-27-19-23(20-28(40-2)33(27)43-5)13-7-11-17-31(37)35-25-15-9-10-16-26(25)36-32(38)18-12-8-14-24-21-29(41-3)34(44-6)30(22-24)42-4/h7-8,11-14,17-22,25-26H,9-10,15-16H2,1-6H3,(H,35,37)(H,36,38)/t25-,26+. The average molecular weight is 607 g/mol. The van der Waals surface area contributed by atoms with Crippen LogP contribution in [-0.4, -0.2) is 66.6 Å². The van der Waals surface area contributed by atoms with Gasteiger partial charge in [0.1, 0.15) is 0 Å². The number of rotatable bonds is 14. The van der Waals surface area contributed by atoms with Crippen molar-refractivity contribution in [2.45, 2.75) is 37.8 Å². The van der Waals surface area contributed by atoms with Gasteiger partial charge in [-0.2, -0.15) is 0 Å². The summed E-state index contributed by atoms with van der Waals surface area (Å²) < 4.78 is 32.2. The topological polar surface area (TPSA) is 114 Å². The normalized spacial score (nSPS) is 16.8. The summed E-state index contributed by atoms with van der Waals surface area (Å²) in [6.07, 6.45) is 17.0. The lowest BCUT2D eigenvalue weighted by Gasteiger charge is -2.32. The number of allylic oxidation sites excluding steroid dienone is 4. The molecule has 0 aromatic heterocycles. The van der Waals surface area contributed by atoms with Gasteiger partial charge in [0, 0.05) is 24.2 Å². The SMILES string of the molecule is COc1cc(C=CC=CC(=O)N[C@H]2CCCC[C@H]2NC(=O)C=CC=Cc2cc(OC)c(OC)c(OC)c2)cc(OC)c1OC. The smallest absolute Gasteiger partial charge is 0.244 e. The van der Waals surface area contributed by atoms with Crippen molar-refractivity contribution >= 4 is 24.0 Å². The molecule has 0 spiro atoms. The van der Waals surface area contributed by atoms with Gasteiger partial charge in [-0.25, -0.2) is 0 Å². The quantitative estimate of drug-likeness (QED) is 0.225. The lowest BCUT2D eigenvalue weighted by molar-refractivity contribution is -0.120. The van der Waals surface area contributed by atoms with Crippen LogP contribution in [-0.2, 0) is 9.59 Å². The van der Waals surface area contributed by atoms with Gasteiger partial charge in [-0.05, 0) is 48.2 Å². The lowest BCUT2D eigenvalue weighted by atomic mass is 9.90. The molecular weight excluding hydrogens is 564 g/mol. The highest BCUT2D eigenvalue weighted by Crippen LogP contribution is 2.39. The van der Waals surface area contributed by atoms with Crippen molar-refractivity contribution in [3.63, 3.8) is 0 Å². The van der Waals surface area contributed by atoms with E-state index in [2.05, 4.69) is 10.6 Å². The molecule has 2 amide bonds. The first-order valence-corrected chi connectivity index (χ1v) is 14.3. The highest BCUT2D eigenvalue weighted by molar-refractivity contribution is 5.89. The molecule has 1 aliphatic rings. The molecule has 0 heterocycles. The van der Waals surface area contributed by atoms with Gasteiger partial charge in [0.15, 0.2) is 23.0 Å². The van der Waals surface area contributed by atoms with E-state index in [9.17, 15) is 9.59 Å². The fourth-order valence-electron chi connectivity index (χ4n) is 4.95. The third kappa shape index (κ3) is 9.32. The summed E-state index contributed by atoms with van der Waals surface area (Å²) in [5, 5.41) is 6.08. The fourth-order valence-corrected chi connectivity index (χ4v) is 4.95. The number of ether oxygens (including phenoxy) is 6. The number of hydrogen-bond donors (Lipinski definition) is 2. The molecule has 2 N–H and O–H groups in total. The number of nitrogens with one attached hydrogen (secondary N) is 2. The number of benzene rings is 2. The van der Waals surface area contributed by atoms with E-state index < -0.39 is 0 Å². The summed E-state index contributed by atoms with van der Waals surface area (Å²) in [5.41, 5.74) is 1.65. The average Bonchev–Trinajstić information content (AvgIpc) is 3.04. The Morgan fingerprint density at radius 2 is 0.909 bits per heavy atom. The van der Waals surface area contributed by atoms with Gasteiger partial charge < -0.3 is 39.1 Å². The summed E-state index contributed by atoms with van der Waals surface area (Å²) in [6, 6.07) is 6.95. The van der Waals surface area contributed by atoms with Crippen LogP contribution in [0.15, 0.2) is 60.7 Å². The molecule has 3 rings (SSSR count). The maximum absolute atomic E-state index is 12.7. The van der Waals surface area contributed by atoms with Crippen LogP contribution in [0.25, 0.3) is 12.2 Å². The summed E-state index contributed by atoms with van der Waals surface area (Å²) in [5.74, 6) is 2.75. The summed E-state index contributed by atoms with van der Waals surface area (Å²) in [6.45, 7) is 0. The molecule has 0 unspecified atom stereocenters. The van der Waals surface area contributed by atoms with E-state index in [4.69, 9.17) is 28.4 Å². The van der Waals surface area contributed by atoms with Gasteiger partial charge in [-0.15, -0.1) is 0 Å². The molecule has 10 nitrogen and oxygen atoms in total. The predicted molar refractivity (Wildman–Crippen MR) is 171 cm³/mol. The van der Waals surface area contributed by atoms with Crippen LogP contribution in [0.3, 0.4) is 0 Å². The highest BCUT2D eigenvalue weighted by atomic mass is 16.5. The Kier molecular flexibility index (Phi) is 13.2. The number of hydrogen-bond acceptors (Lipinski definition) is 8. The number of carbonyl (C=O) groups is 2. The Morgan fingerprint density at radius 3 is 1.20 bits per heavy atom. The summed E-state index contributed by atoms with van der Waals surface area (Å²) in [7, 11) is 9.34. The third-order valence-electron chi connectivity index (χ3n) is 7.09. The second-order valence-electron chi connectivity index (χ2n) is 9.87. The van der Waals surface area contributed by atoms with Crippen molar-refractivity contribution in [2.75, 3.05) is 42.7 Å². The molecule has 1 aliphatic carbocycles. The van der Waals surface area contributed by atoms with Gasteiger partial charge in [-0.3, -0.25) is 9.59 Å². The second kappa shape index (κ2) is 17.3. The molecule has 0 radical (unpaired) electrons. The predicted octanol–water partition coefficient (Wildman–Crippen LogP) is 5.12. The van der Waals surface area contributed by atoms with Gasteiger partial charge in [0.2, 0.25) is 23.3 Å². The van der Waals surface area contributed by atoms with E-state index in [1.807, 2.05) is 36.4 Å². The van der Waals surface area contributed by atoms with Crippen LogP contribution < -0.4 is 39.1 Å². The third-order valence-corrected chi connectivity index (χ3v) is 7.09. The van der Waals surface area contributed by atoms with Crippen LogP contribution in [0.4, 0.5) is 0 Å². The van der Waals surface area contributed by atoms with Crippen molar-refractivity contribution < 1.29 is 38.0 Å². The van der Waals surface area contributed by atoms with Gasteiger partial charge >= 0.3 is 0 Å². The van der Waals surface area contributed by atoms with Crippen LogP contribution in [0.2, 0.25) is 0 Å². The fraction of sp³-hybridized carbons (Fsp3) is 0.353. The number of carbonyl (C=O) groups excluding carboxylic acids is 2. The van der Waals surface area contributed by atoms with E-state index in [1.165, 1.54) is 12.2 Å². The molecule has 0 aliphatic heterocycles. The molecule has 236 valence electrons. The Hall–Kier alpha value is -4.86. The first-order valence-electron chi connectivity index (χ1n) is 14.3. The zero-order valence-electron chi connectivity index (χ0n) is 26.2. The van der Waals surface area contributed by atoms with Crippen molar-refractivity contribution in [2.24, 2.45) is 0 Å². The van der Waals surface area contributed by atoms with Crippen LogP contribution in [0.1, 0.15) is 36.8 Å². The lowest BCUT2D eigenvalue weighted by Crippen LogP contribution is -2.52. The zero-order valence-corrected chi connectivity index (χ0v) is 26.2. The van der Waals surface area contributed by atoms with Crippen LogP contribution >= 0.6 is 0 Å². The van der Waals surface area contributed by atoms with E-state index in [-0.39, 0.29) is 23.9 Å². The Balaban J connectivity index is 1.56. The molecule has 44 heavy (non-hydrogen) atoms. The van der Waals surface area contributed by atoms with Gasteiger partial charge in [-0.1, -0.05) is 49.3 Å². The molecule has 2 aromatic carbocycles. The Bertz CT molecular complexity index is 1240. The molecule has 2 aromatic rings. The maximum atomic E-state index is 12.7. The Labute approximate surface area is 259 Å². The minimum atomic E-state index is -0.227.